The molecule has 76 heavy (non-hydrogen) atoms. The normalized spacial score (nSPS) is 6.70. The predicted octanol–water partition coefficient (Wildman–Crippen LogP) is 27.1. The maximum atomic E-state index is 3.98. The van der Waals surface area contributed by atoms with Gasteiger partial charge in [0.15, 0.2) is 0 Å². The first kappa shape index (κ1) is 111. The van der Waals surface area contributed by atoms with Crippen molar-refractivity contribution in [3.63, 3.8) is 0 Å². The maximum Gasteiger partial charge on any atom is 0.0372 e. The van der Waals surface area contributed by atoms with Gasteiger partial charge < -0.3 is 0 Å². The summed E-state index contributed by atoms with van der Waals surface area (Å²) in [6.07, 6.45) is 8.97. The molecule has 448 valence electrons. The summed E-state index contributed by atoms with van der Waals surface area (Å²) in [4.78, 5) is 14.6. The van der Waals surface area contributed by atoms with Crippen LogP contribution in [0.5, 0.6) is 0 Å². The molecular weight excluding hydrogens is 959 g/mol. The van der Waals surface area contributed by atoms with Crippen LogP contribution in [0.4, 0.5) is 0 Å². The van der Waals surface area contributed by atoms with Gasteiger partial charge in [0.25, 0.3) is 0 Å². The third-order valence-corrected chi connectivity index (χ3v) is 8.48. The lowest BCUT2D eigenvalue weighted by molar-refractivity contribution is 1.20. The van der Waals surface area contributed by atoms with E-state index in [4.69, 9.17) is 0 Å². The standard InChI is InChI=1S/2C7H8.3C6H7N.2C6H8S.12C2H6.3CH4/c2*1-7-5-3-2-4-6-7;1-6-2-4-7-5-3-6;1-6-3-2-4-7-5-6;1-6-4-2-3-5-7-6;2*1-5-3-4-7-6(5)2;12*1-2;;;/h2*2-6H,1H3;3*2-5H,1H3;2*3-4H,1-2H3;12*1-2H3;3*1H4. The van der Waals surface area contributed by atoms with Crippen molar-refractivity contribution < 1.29 is 0 Å². The van der Waals surface area contributed by atoms with E-state index in [9.17, 15) is 0 Å². The number of aromatic nitrogens is 3. The minimum Gasteiger partial charge on any atom is -0.265 e. The summed E-state index contributed by atoms with van der Waals surface area (Å²) >= 11 is 3.61. The van der Waals surface area contributed by atoms with Crippen LogP contribution in [0, 0.1) is 62.3 Å². The molecule has 0 saturated heterocycles. The fourth-order valence-electron chi connectivity index (χ4n) is 3.29. The van der Waals surface area contributed by atoms with E-state index >= 15 is 0 Å². The van der Waals surface area contributed by atoms with Crippen LogP contribution < -0.4 is 0 Å². The van der Waals surface area contributed by atoms with Crippen molar-refractivity contribution in [1.82, 2.24) is 15.0 Å². The van der Waals surface area contributed by atoms with Crippen molar-refractivity contribution in [3.8, 4) is 0 Å². The van der Waals surface area contributed by atoms with Gasteiger partial charge in [-0.2, -0.15) is 0 Å². The summed E-state index contributed by atoms with van der Waals surface area (Å²) in [6.45, 7) is 66.7. The molecule has 3 nitrogen and oxygen atoms in total. The van der Waals surface area contributed by atoms with E-state index in [0.717, 1.165) is 5.69 Å². The van der Waals surface area contributed by atoms with Crippen LogP contribution in [-0.2, 0) is 0 Å². The van der Waals surface area contributed by atoms with Gasteiger partial charge in [-0.15, -0.1) is 22.7 Å². The second-order valence-corrected chi connectivity index (χ2v) is 13.4. The van der Waals surface area contributed by atoms with Crippen LogP contribution in [0.3, 0.4) is 0 Å². The molecule has 2 aromatic carbocycles. The monoisotopic (exact) mass is 1100 g/mol. The van der Waals surface area contributed by atoms with Crippen LogP contribution in [0.15, 0.2) is 157 Å². The molecule has 0 N–H and O–H groups in total. The van der Waals surface area contributed by atoms with Crippen LogP contribution in [0.25, 0.3) is 0 Å². The molecule has 0 saturated carbocycles. The third kappa shape index (κ3) is 106. The minimum atomic E-state index is 0. The Morgan fingerprint density at radius 1 is 0.263 bits per heavy atom. The number of hydrogen-bond acceptors (Lipinski definition) is 5. The number of nitrogens with zero attached hydrogens (tertiary/aromatic N) is 3. The van der Waals surface area contributed by atoms with E-state index in [2.05, 4.69) is 104 Å². The SMILES string of the molecule is C.C.C.CC.CC.CC.CC.CC.CC.CC.CC.CC.CC.CC.CC.Cc1ccccc1.Cc1ccccc1.Cc1ccccn1.Cc1cccnc1.Cc1ccncc1.Cc1ccsc1C.Cc1ccsc1C. The highest BCUT2D eigenvalue weighted by Gasteiger charge is 1.88. The summed E-state index contributed by atoms with van der Waals surface area (Å²) in [7, 11) is 0. The second kappa shape index (κ2) is 119. The van der Waals surface area contributed by atoms with Gasteiger partial charge in [0, 0.05) is 46.4 Å². The molecule has 0 spiro atoms. The van der Waals surface area contributed by atoms with Crippen molar-refractivity contribution in [2.24, 2.45) is 0 Å². The summed E-state index contributed by atoms with van der Waals surface area (Å²) in [6, 6.07) is 38.5. The summed E-state index contributed by atoms with van der Waals surface area (Å²) in [5.41, 5.74) is 9.00. The van der Waals surface area contributed by atoms with Gasteiger partial charge in [0.1, 0.15) is 0 Å². The van der Waals surface area contributed by atoms with Gasteiger partial charge >= 0.3 is 0 Å². The first-order chi connectivity index (χ1) is 35.6. The Kier molecular flexibility index (Phi) is 174. The lowest BCUT2D eigenvalue weighted by atomic mass is 10.2. The van der Waals surface area contributed by atoms with Crippen LogP contribution >= 0.6 is 22.7 Å². The van der Waals surface area contributed by atoms with E-state index in [1.54, 1.807) is 47.5 Å². The largest absolute Gasteiger partial charge is 0.265 e. The molecule has 7 aromatic rings. The molecule has 0 amide bonds. The minimum absolute atomic E-state index is 0. The number of thiophene rings is 2. The Labute approximate surface area is 491 Å². The van der Waals surface area contributed by atoms with Gasteiger partial charge in [-0.1, -0.05) is 272 Å². The van der Waals surface area contributed by atoms with E-state index in [0.29, 0.717) is 0 Å². The molecule has 7 rings (SSSR count). The number of rotatable bonds is 0. The fraction of sp³-hybridized carbons (Fsp3) is 0.507. The second-order valence-electron chi connectivity index (χ2n) is 11.2. The molecule has 0 radical (unpaired) electrons. The zero-order chi connectivity index (χ0) is 60.1. The molecule has 0 bridgehead atoms. The Bertz CT molecular complexity index is 1430. The Hall–Kier alpha value is -4.71. The van der Waals surface area contributed by atoms with Crippen molar-refractivity contribution in [2.45, 2.75) is 251 Å². The van der Waals surface area contributed by atoms with Gasteiger partial charge in [-0.3, -0.25) is 15.0 Å². The molecule has 5 heterocycles. The van der Waals surface area contributed by atoms with Gasteiger partial charge in [0.2, 0.25) is 0 Å². The molecule has 0 aliphatic heterocycles. The van der Waals surface area contributed by atoms with Crippen molar-refractivity contribution in [1.29, 1.82) is 0 Å². The highest BCUT2D eigenvalue weighted by atomic mass is 32.1. The Morgan fingerprint density at radius 2 is 0.553 bits per heavy atom. The first-order valence-electron chi connectivity index (χ1n) is 28.2. The zero-order valence-corrected chi connectivity index (χ0v) is 56.3. The molecule has 0 aliphatic carbocycles. The predicted molar refractivity (Wildman–Crippen MR) is 373 cm³/mol. The van der Waals surface area contributed by atoms with Crippen molar-refractivity contribution in [3.05, 3.63) is 206 Å². The molecule has 0 atom stereocenters. The molecule has 0 fully saturated rings. The van der Waals surface area contributed by atoms with Crippen LogP contribution in [0.2, 0.25) is 0 Å². The summed E-state index contributed by atoms with van der Waals surface area (Å²) in [5.74, 6) is 0. The van der Waals surface area contributed by atoms with E-state index < -0.39 is 0 Å². The maximum absolute atomic E-state index is 3.98. The average Bonchev–Trinajstić information content (AvgIpc) is 4.07. The highest BCUT2D eigenvalue weighted by Crippen LogP contribution is 2.12. The number of pyridine rings is 3. The van der Waals surface area contributed by atoms with E-state index in [-0.39, 0.29) is 22.3 Å². The molecule has 0 unspecified atom stereocenters. The number of aryl methyl sites for hydroxylation is 9. The van der Waals surface area contributed by atoms with Crippen LogP contribution in [-0.4, -0.2) is 15.0 Å². The number of hydrogen-bond donors (Lipinski definition) is 0. The average molecular weight is 1100 g/mol. The highest BCUT2D eigenvalue weighted by molar-refractivity contribution is 7.10. The quantitative estimate of drug-likeness (QED) is 0.152. The molecule has 0 aliphatic rings. The zero-order valence-electron chi connectivity index (χ0n) is 54.7. The first-order valence-corrected chi connectivity index (χ1v) is 30.0. The Morgan fingerprint density at radius 3 is 0.671 bits per heavy atom. The van der Waals surface area contributed by atoms with Gasteiger partial charge in [-0.25, -0.2) is 0 Å². The molecule has 5 aromatic heterocycles. The topological polar surface area (TPSA) is 38.7 Å². The summed E-state index contributed by atoms with van der Waals surface area (Å²) < 4.78 is 0. The fourth-order valence-corrected chi connectivity index (χ4v) is 4.75. The van der Waals surface area contributed by atoms with Crippen molar-refractivity contribution >= 4 is 22.7 Å². The third-order valence-electron chi connectivity index (χ3n) is 6.59. The van der Waals surface area contributed by atoms with Crippen molar-refractivity contribution in [2.75, 3.05) is 0 Å². The van der Waals surface area contributed by atoms with Gasteiger partial charge in [0.05, 0.1) is 0 Å². The molecular formula is C71H137N3S2. The lowest BCUT2D eigenvalue weighted by Crippen LogP contribution is -1.72. The lowest BCUT2D eigenvalue weighted by Gasteiger charge is -1.82. The molecule has 5 heteroatoms. The van der Waals surface area contributed by atoms with E-state index in [1.807, 2.05) is 272 Å². The summed E-state index contributed by atoms with van der Waals surface area (Å²) in [5, 5.41) is 4.23. The smallest absolute Gasteiger partial charge is 0.0372 e. The Balaban J connectivity index is -0.0000000409. The van der Waals surface area contributed by atoms with Gasteiger partial charge in [-0.05, 0) is 138 Å². The number of benzene rings is 2. The van der Waals surface area contributed by atoms with E-state index in [1.165, 1.54) is 43.1 Å². The van der Waals surface area contributed by atoms with Crippen LogP contribution in [0.1, 0.15) is 237 Å².